The molecule has 0 aromatic heterocycles. The molecule has 2 heteroatoms. The molecule has 1 aromatic rings. The fraction of sp³-hybridized carbons (Fsp3) is 0.647. The van der Waals surface area contributed by atoms with Crippen molar-refractivity contribution in [2.45, 2.75) is 58.1 Å². The largest absolute Gasteiger partial charge is 0.374 e. The van der Waals surface area contributed by atoms with Crippen molar-refractivity contribution in [3.63, 3.8) is 0 Å². The molecule has 1 heterocycles. The van der Waals surface area contributed by atoms with Gasteiger partial charge in [-0.1, -0.05) is 36.8 Å². The molecule has 2 rings (SSSR count). The van der Waals surface area contributed by atoms with Crippen LogP contribution in [-0.4, -0.2) is 24.8 Å². The Morgan fingerprint density at radius 1 is 1.26 bits per heavy atom. The summed E-state index contributed by atoms with van der Waals surface area (Å²) in [5.41, 5.74) is 2.70. The highest BCUT2D eigenvalue weighted by Gasteiger charge is 2.36. The third-order valence-corrected chi connectivity index (χ3v) is 4.25. The molecule has 2 atom stereocenters. The summed E-state index contributed by atoms with van der Waals surface area (Å²) in [7, 11) is 0. The lowest BCUT2D eigenvalue weighted by molar-refractivity contribution is -0.0881. The topological polar surface area (TPSA) is 21.3 Å². The van der Waals surface area contributed by atoms with Gasteiger partial charge in [-0.15, -0.1) is 0 Å². The predicted molar refractivity (Wildman–Crippen MR) is 80.6 cm³/mol. The summed E-state index contributed by atoms with van der Waals surface area (Å²) < 4.78 is 6.11. The number of hydrogen-bond acceptors (Lipinski definition) is 2. The van der Waals surface area contributed by atoms with E-state index in [4.69, 9.17) is 4.74 Å². The molecule has 106 valence electrons. The second-order valence-corrected chi connectivity index (χ2v) is 5.92. The van der Waals surface area contributed by atoms with Gasteiger partial charge in [-0.3, -0.25) is 0 Å². The lowest BCUT2D eigenvalue weighted by atomic mass is 9.84. The van der Waals surface area contributed by atoms with Gasteiger partial charge in [0, 0.05) is 12.6 Å². The van der Waals surface area contributed by atoms with Crippen molar-refractivity contribution in [1.82, 2.24) is 5.32 Å². The molecule has 0 bridgehead atoms. The van der Waals surface area contributed by atoms with Crippen LogP contribution in [0.5, 0.6) is 0 Å². The Morgan fingerprint density at radius 3 is 2.58 bits per heavy atom. The number of aryl methyl sites for hydroxylation is 1. The monoisotopic (exact) mass is 261 g/mol. The second kappa shape index (κ2) is 6.53. The van der Waals surface area contributed by atoms with Crippen LogP contribution in [0.25, 0.3) is 0 Å². The molecule has 0 aliphatic carbocycles. The Bertz CT molecular complexity index is 379. The van der Waals surface area contributed by atoms with Gasteiger partial charge in [0.15, 0.2) is 0 Å². The van der Waals surface area contributed by atoms with E-state index in [1.807, 2.05) is 0 Å². The van der Waals surface area contributed by atoms with Crippen LogP contribution in [0.2, 0.25) is 0 Å². The first-order valence-corrected chi connectivity index (χ1v) is 7.57. The fourth-order valence-electron chi connectivity index (χ4n) is 2.94. The van der Waals surface area contributed by atoms with Crippen LogP contribution in [0.1, 0.15) is 44.2 Å². The van der Waals surface area contributed by atoms with Crippen LogP contribution >= 0.6 is 0 Å². The summed E-state index contributed by atoms with van der Waals surface area (Å²) in [5, 5.41) is 3.63. The molecule has 1 aliphatic heterocycles. The quantitative estimate of drug-likeness (QED) is 0.876. The molecule has 1 aromatic carbocycles. The summed E-state index contributed by atoms with van der Waals surface area (Å²) in [5.74, 6) is 0. The van der Waals surface area contributed by atoms with E-state index in [9.17, 15) is 0 Å². The van der Waals surface area contributed by atoms with Gasteiger partial charge in [-0.05, 0) is 51.6 Å². The maximum absolute atomic E-state index is 6.11. The predicted octanol–water partition coefficient (Wildman–Crippen LogP) is 3.47. The minimum atomic E-state index is -0.0147. The molecule has 19 heavy (non-hydrogen) atoms. The third kappa shape index (κ3) is 3.80. The number of benzene rings is 1. The molecular formula is C17H27NO. The number of nitrogens with one attached hydrogen (secondary N) is 1. The van der Waals surface area contributed by atoms with E-state index < -0.39 is 0 Å². The molecule has 0 amide bonds. The van der Waals surface area contributed by atoms with Gasteiger partial charge in [-0.25, -0.2) is 0 Å². The number of likely N-dealkylation sites (N-methyl/N-ethyl adjacent to an activating group) is 1. The van der Waals surface area contributed by atoms with Crippen LogP contribution in [0.15, 0.2) is 24.3 Å². The van der Waals surface area contributed by atoms with Gasteiger partial charge in [0.25, 0.3) is 0 Å². The molecule has 1 saturated heterocycles. The molecule has 0 spiro atoms. The van der Waals surface area contributed by atoms with E-state index in [-0.39, 0.29) is 5.60 Å². The Hall–Kier alpha value is -0.860. The molecule has 1 fully saturated rings. The summed E-state index contributed by atoms with van der Waals surface area (Å²) >= 11 is 0. The van der Waals surface area contributed by atoms with Crippen LogP contribution in [0, 0.1) is 6.92 Å². The first-order chi connectivity index (χ1) is 9.14. The average molecular weight is 261 g/mol. The number of hydrogen-bond donors (Lipinski definition) is 1. The van der Waals surface area contributed by atoms with Gasteiger partial charge < -0.3 is 10.1 Å². The van der Waals surface area contributed by atoms with E-state index >= 15 is 0 Å². The minimum Gasteiger partial charge on any atom is -0.374 e. The molecule has 2 nitrogen and oxygen atoms in total. The SMILES string of the molecule is CCNC(Cc1ccc(C)cc1)C1(C)CCCCO1. The van der Waals surface area contributed by atoms with Crippen molar-refractivity contribution in [1.29, 1.82) is 0 Å². The van der Waals surface area contributed by atoms with Crippen molar-refractivity contribution in [2.24, 2.45) is 0 Å². The highest BCUT2D eigenvalue weighted by Crippen LogP contribution is 2.29. The van der Waals surface area contributed by atoms with E-state index in [1.165, 1.54) is 24.0 Å². The summed E-state index contributed by atoms with van der Waals surface area (Å²) in [6.07, 6.45) is 4.70. The Balaban J connectivity index is 2.08. The highest BCUT2D eigenvalue weighted by molar-refractivity contribution is 5.22. The van der Waals surface area contributed by atoms with Crippen LogP contribution < -0.4 is 5.32 Å². The summed E-state index contributed by atoms with van der Waals surface area (Å²) in [6, 6.07) is 9.28. The molecule has 1 N–H and O–H groups in total. The number of rotatable bonds is 5. The van der Waals surface area contributed by atoms with E-state index in [1.54, 1.807) is 0 Å². The Labute approximate surface area is 117 Å². The van der Waals surface area contributed by atoms with Crippen LogP contribution in [0.4, 0.5) is 0 Å². The number of ether oxygens (including phenoxy) is 1. The zero-order valence-corrected chi connectivity index (χ0v) is 12.5. The first kappa shape index (κ1) is 14.5. The Kier molecular flexibility index (Phi) is 5.00. The second-order valence-electron chi connectivity index (χ2n) is 5.92. The van der Waals surface area contributed by atoms with Crippen molar-refractivity contribution in [3.8, 4) is 0 Å². The van der Waals surface area contributed by atoms with Gasteiger partial charge in [0.05, 0.1) is 5.60 Å². The van der Waals surface area contributed by atoms with E-state index in [0.29, 0.717) is 6.04 Å². The van der Waals surface area contributed by atoms with Crippen molar-refractivity contribution >= 4 is 0 Å². The van der Waals surface area contributed by atoms with Crippen LogP contribution in [-0.2, 0) is 11.2 Å². The molecule has 2 unspecified atom stereocenters. The minimum absolute atomic E-state index is 0.0147. The molecule has 1 aliphatic rings. The average Bonchev–Trinajstić information content (AvgIpc) is 2.41. The lowest BCUT2D eigenvalue weighted by Gasteiger charge is -2.41. The molecule has 0 radical (unpaired) electrons. The van der Waals surface area contributed by atoms with E-state index in [2.05, 4.69) is 50.4 Å². The van der Waals surface area contributed by atoms with E-state index in [0.717, 1.165) is 26.0 Å². The smallest absolute Gasteiger partial charge is 0.0810 e. The van der Waals surface area contributed by atoms with Gasteiger partial charge in [-0.2, -0.15) is 0 Å². The zero-order chi connectivity index (χ0) is 13.7. The first-order valence-electron chi connectivity index (χ1n) is 7.57. The third-order valence-electron chi connectivity index (χ3n) is 4.25. The maximum Gasteiger partial charge on any atom is 0.0810 e. The van der Waals surface area contributed by atoms with Gasteiger partial charge >= 0.3 is 0 Å². The van der Waals surface area contributed by atoms with Gasteiger partial charge in [0.2, 0.25) is 0 Å². The van der Waals surface area contributed by atoms with Crippen molar-refractivity contribution in [2.75, 3.05) is 13.2 Å². The fourth-order valence-corrected chi connectivity index (χ4v) is 2.94. The summed E-state index contributed by atoms with van der Waals surface area (Å²) in [4.78, 5) is 0. The highest BCUT2D eigenvalue weighted by atomic mass is 16.5. The summed E-state index contributed by atoms with van der Waals surface area (Å²) in [6.45, 7) is 8.49. The van der Waals surface area contributed by atoms with Crippen molar-refractivity contribution < 1.29 is 4.74 Å². The standard InChI is InChI=1S/C17H27NO/c1-4-18-16(17(3)11-5-6-12-19-17)13-15-9-7-14(2)8-10-15/h7-10,16,18H,4-6,11-13H2,1-3H3. The lowest BCUT2D eigenvalue weighted by Crippen LogP contribution is -2.53. The Morgan fingerprint density at radius 2 is 2.00 bits per heavy atom. The molecule has 0 saturated carbocycles. The molecular weight excluding hydrogens is 234 g/mol. The van der Waals surface area contributed by atoms with Crippen LogP contribution in [0.3, 0.4) is 0 Å². The van der Waals surface area contributed by atoms with Gasteiger partial charge in [0.1, 0.15) is 0 Å². The maximum atomic E-state index is 6.11. The zero-order valence-electron chi connectivity index (χ0n) is 12.5. The van der Waals surface area contributed by atoms with Crippen molar-refractivity contribution in [3.05, 3.63) is 35.4 Å². The normalized spacial score (nSPS) is 25.2.